The normalized spacial score (nSPS) is 14.6. The lowest BCUT2D eigenvalue weighted by Gasteiger charge is -2.31. The Morgan fingerprint density at radius 2 is 2.14 bits per heavy atom. The van der Waals surface area contributed by atoms with E-state index in [9.17, 15) is 14.0 Å². The van der Waals surface area contributed by atoms with Gasteiger partial charge in [0.25, 0.3) is 11.8 Å². The summed E-state index contributed by atoms with van der Waals surface area (Å²) >= 11 is 7.44. The molecule has 1 aliphatic rings. The van der Waals surface area contributed by atoms with Crippen LogP contribution in [0.15, 0.2) is 23.6 Å². The number of aromatic nitrogens is 1. The molecule has 0 saturated carbocycles. The summed E-state index contributed by atoms with van der Waals surface area (Å²) in [5.74, 6) is 1.38. The Morgan fingerprint density at radius 1 is 1.43 bits per heavy atom. The molecule has 1 aliphatic heterocycles. The molecule has 0 radical (unpaired) electrons. The van der Waals surface area contributed by atoms with Crippen LogP contribution in [0.1, 0.15) is 44.6 Å². The molecule has 0 spiro atoms. The molecule has 8 heteroatoms. The van der Waals surface area contributed by atoms with Crippen LogP contribution in [0.3, 0.4) is 0 Å². The summed E-state index contributed by atoms with van der Waals surface area (Å²) in [6.07, 6.45) is 6.63. The van der Waals surface area contributed by atoms with Crippen molar-refractivity contribution in [2.24, 2.45) is 0 Å². The van der Waals surface area contributed by atoms with Gasteiger partial charge in [-0.1, -0.05) is 23.6 Å². The van der Waals surface area contributed by atoms with Crippen LogP contribution >= 0.6 is 22.9 Å². The van der Waals surface area contributed by atoms with E-state index in [1.807, 2.05) is 0 Å². The molecule has 1 saturated heterocycles. The molecular weight excluding hydrogens is 401 g/mol. The first-order valence-corrected chi connectivity index (χ1v) is 10.1. The fourth-order valence-electron chi connectivity index (χ4n) is 3.17. The highest BCUT2D eigenvalue weighted by Crippen LogP contribution is 2.32. The summed E-state index contributed by atoms with van der Waals surface area (Å²) in [6, 6.07) is 4.22. The van der Waals surface area contributed by atoms with E-state index in [0.29, 0.717) is 31.6 Å². The lowest BCUT2D eigenvalue weighted by Crippen LogP contribution is -2.38. The number of nitrogens with zero attached hydrogens (tertiary/aromatic N) is 3. The van der Waals surface area contributed by atoms with Crippen LogP contribution in [0.25, 0.3) is 0 Å². The number of halogens is 2. The van der Waals surface area contributed by atoms with E-state index in [2.05, 4.69) is 10.9 Å². The third-order valence-corrected chi connectivity index (χ3v) is 6.05. The van der Waals surface area contributed by atoms with E-state index in [1.165, 1.54) is 34.4 Å². The quantitative estimate of drug-likeness (QED) is 0.710. The van der Waals surface area contributed by atoms with E-state index >= 15 is 0 Å². The van der Waals surface area contributed by atoms with Gasteiger partial charge < -0.3 is 9.80 Å². The molecule has 2 amide bonds. The molecule has 1 aromatic heterocycles. The van der Waals surface area contributed by atoms with E-state index in [4.69, 9.17) is 18.0 Å². The van der Waals surface area contributed by atoms with Crippen molar-refractivity contribution < 1.29 is 14.0 Å². The average molecular weight is 420 g/mol. The van der Waals surface area contributed by atoms with Gasteiger partial charge in [0, 0.05) is 31.4 Å². The molecule has 0 atom stereocenters. The van der Waals surface area contributed by atoms with Gasteiger partial charge >= 0.3 is 0 Å². The van der Waals surface area contributed by atoms with Crippen LogP contribution in [0.2, 0.25) is 5.02 Å². The zero-order valence-corrected chi connectivity index (χ0v) is 16.9. The van der Waals surface area contributed by atoms with Crippen LogP contribution < -0.4 is 0 Å². The van der Waals surface area contributed by atoms with Crippen molar-refractivity contribution >= 4 is 34.8 Å². The Morgan fingerprint density at radius 3 is 2.79 bits per heavy atom. The first-order chi connectivity index (χ1) is 13.4. The van der Waals surface area contributed by atoms with Crippen LogP contribution in [0.4, 0.5) is 4.39 Å². The standard InChI is InChI=1S/C20H19ClFN3O2S/c1-3-9-24(2)19(26)16-12-28-18(23-16)13-7-10-25(11-8-13)20(27)17-14(21)5-4-6-15(17)22/h1,4-6,12-13H,7-11H2,2H3. The summed E-state index contributed by atoms with van der Waals surface area (Å²) in [4.78, 5) is 32.4. The van der Waals surface area contributed by atoms with Gasteiger partial charge in [-0.3, -0.25) is 9.59 Å². The molecule has 0 N–H and O–H groups in total. The van der Waals surface area contributed by atoms with Crippen LogP contribution in [0.5, 0.6) is 0 Å². The number of piperidine rings is 1. The molecule has 0 unspecified atom stereocenters. The molecule has 0 bridgehead atoms. The molecule has 3 rings (SSSR count). The summed E-state index contributed by atoms with van der Waals surface area (Å²) in [6.45, 7) is 1.19. The number of likely N-dealkylation sites (tertiary alicyclic amines) is 1. The number of terminal acetylenes is 1. The maximum absolute atomic E-state index is 14.0. The number of amides is 2. The zero-order valence-electron chi connectivity index (χ0n) is 15.3. The molecule has 1 aromatic carbocycles. The van der Waals surface area contributed by atoms with Gasteiger partial charge in [0.1, 0.15) is 11.5 Å². The Bertz CT molecular complexity index is 912. The van der Waals surface area contributed by atoms with E-state index in [1.54, 1.807) is 17.3 Å². The van der Waals surface area contributed by atoms with Crippen molar-refractivity contribution in [3.63, 3.8) is 0 Å². The molecule has 146 valence electrons. The minimum absolute atomic E-state index is 0.0821. The Hall–Kier alpha value is -2.43. The van der Waals surface area contributed by atoms with Crippen molar-refractivity contribution in [2.75, 3.05) is 26.7 Å². The predicted octanol–water partition coefficient (Wildman–Crippen LogP) is 3.66. The number of carbonyl (C=O) groups is 2. The maximum Gasteiger partial charge on any atom is 0.273 e. The van der Waals surface area contributed by atoms with Gasteiger partial charge in [0.05, 0.1) is 22.1 Å². The highest BCUT2D eigenvalue weighted by molar-refractivity contribution is 7.09. The Balaban J connectivity index is 1.64. The van der Waals surface area contributed by atoms with Crippen molar-refractivity contribution in [3.8, 4) is 12.3 Å². The zero-order chi connectivity index (χ0) is 20.3. The Labute approximate surface area is 172 Å². The molecule has 5 nitrogen and oxygen atoms in total. The van der Waals surface area contributed by atoms with Gasteiger partial charge in [-0.2, -0.15) is 0 Å². The lowest BCUT2D eigenvalue weighted by atomic mass is 9.97. The van der Waals surface area contributed by atoms with Crippen molar-refractivity contribution in [3.05, 3.63) is 50.7 Å². The van der Waals surface area contributed by atoms with Gasteiger partial charge in [0.2, 0.25) is 0 Å². The highest BCUT2D eigenvalue weighted by atomic mass is 35.5. The highest BCUT2D eigenvalue weighted by Gasteiger charge is 2.29. The summed E-state index contributed by atoms with van der Waals surface area (Å²) < 4.78 is 14.0. The summed E-state index contributed by atoms with van der Waals surface area (Å²) in [5, 5.41) is 2.72. The number of carbonyl (C=O) groups excluding carboxylic acids is 2. The molecule has 28 heavy (non-hydrogen) atoms. The third kappa shape index (κ3) is 4.18. The monoisotopic (exact) mass is 419 g/mol. The molecule has 2 aromatic rings. The van der Waals surface area contributed by atoms with Crippen molar-refractivity contribution in [1.82, 2.24) is 14.8 Å². The number of rotatable bonds is 4. The smallest absolute Gasteiger partial charge is 0.273 e. The predicted molar refractivity (Wildman–Crippen MR) is 107 cm³/mol. The second-order valence-electron chi connectivity index (χ2n) is 6.60. The van der Waals surface area contributed by atoms with Crippen LogP contribution in [0, 0.1) is 18.2 Å². The minimum atomic E-state index is -0.612. The first kappa shape index (κ1) is 20.3. The van der Waals surface area contributed by atoms with Gasteiger partial charge in [-0.15, -0.1) is 17.8 Å². The fourth-order valence-corrected chi connectivity index (χ4v) is 4.38. The number of hydrogen-bond donors (Lipinski definition) is 0. The largest absolute Gasteiger partial charge is 0.338 e. The number of benzene rings is 1. The summed E-state index contributed by atoms with van der Waals surface area (Å²) in [5.41, 5.74) is 0.302. The van der Waals surface area contributed by atoms with Gasteiger partial charge in [-0.25, -0.2) is 9.37 Å². The number of hydrogen-bond acceptors (Lipinski definition) is 4. The maximum atomic E-state index is 14.0. The van der Waals surface area contributed by atoms with E-state index in [0.717, 1.165) is 5.01 Å². The second-order valence-corrected chi connectivity index (χ2v) is 7.90. The first-order valence-electron chi connectivity index (χ1n) is 8.80. The molecular formula is C20H19ClFN3O2S. The average Bonchev–Trinajstić information content (AvgIpc) is 3.17. The summed E-state index contributed by atoms with van der Waals surface area (Å²) in [7, 11) is 1.64. The van der Waals surface area contributed by atoms with E-state index in [-0.39, 0.29) is 29.0 Å². The number of thiazole rings is 1. The van der Waals surface area contributed by atoms with Crippen molar-refractivity contribution in [2.45, 2.75) is 18.8 Å². The second kappa shape index (κ2) is 8.72. The molecule has 2 heterocycles. The Kier molecular flexibility index (Phi) is 6.32. The molecule has 1 fully saturated rings. The van der Waals surface area contributed by atoms with Gasteiger partial charge in [0.15, 0.2) is 0 Å². The fraction of sp³-hybridized carbons (Fsp3) is 0.350. The third-order valence-electron chi connectivity index (χ3n) is 4.72. The molecule has 0 aliphatic carbocycles. The van der Waals surface area contributed by atoms with E-state index < -0.39 is 11.7 Å². The SMILES string of the molecule is C#CCN(C)C(=O)c1csc(C2CCN(C(=O)c3c(F)cccc3Cl)CC2)n1. The lowest BCUT2D eigenvalue weighted by molar-refractivity contribution is 0.0708. The minimum Gasteiger partial charge on any atom is -0.338 e. The van der Waals surface area contributed by atoms with Gasteiger partial charge in [-0.05, 0) is 25.0 Å². The van der Waals surface area contributed by atoms with Crippen LogP contribution in [-0.4, -0.2) is 53.3 Å². The van der Waals surface area contributed by atoms with Crippen molar-refractivity contribution in [1.29, 1.82) is 0 Å². The topological polar surface area (TPSA) is 53.5 Å². The van der Waals surface area contributed by atoms with Crippen LogP contribution in [-0.2, 0) is 0 Å².